The molecule has 3 rings (SSSR count). The molecule has 2 aliphatic heterocycles. The molecule has 1 N–H and O–H groups in total. The maximum atomic E-state index is 12.4. The number of hydrogen-bond donors (Lipinski definition) is 1. The van der Waals surface area contributed by atoms with Gasteiger partial charge in [-0.05, 0) is 38.4 Å². The van der Waals surface area contributed by atoms with Gasteiger partial charge in [0.25, 0.3) is 5.91 Å². The lowest BCUT2D eigenvalue weighted by Gasteiger charge is -2.22. The van der Waals surface area contributed by atoms with Gasteiger partial charge < -0.3 is 10.2 Å². The molecule has 1 amide bonds. The highest BCUT2D eigenvalue weighted by Crippen LogP contribution is 2.36. The Hall–Kier alpha value is -0.840. The summed E-state index contributed by atoms with van der Waals surface area (Å²) in [6.07, 6.45) is 4.02. The summed E-state index contributed by atoms with van der Waals surface area (Å²) in [6.45, 7) is 5.86. The molecule has 1 unspecified atom stereocenters. The van der Waals surface area contributed by atoms with Gasteiger partial charge in [0, 0.05) is 36.9 Å². The summed E-state index contributed by atoms with van der Waals surface area (Å²) < 4.78 is 0. The Bertz CT molecular complexity index is 458. The summed E-state index contributed by atoms with van der Waals surface area (Å²) in [4.78, 5) is 18.6. The van der Waals surface area contributed by atoms with Crippen LogP contribution < -0.4 is 5.32 Å². The van der Waals surface area contributed by atoms with E-state index in [-0.39, 0.29) is 30.7 Å². The Morgan fingerprint density at radius 2 is 2.15 bits per heavy atom. The highest BCUT2D eigenvalue weighted by molar-refractivity contribution is 5.94. The highest BCUT2D eigenvalue weighted by atomic mass is 35.5. The first kappa shape index (κ1) is 17.2. The number of hydrogen-bond acceptors (Lipinski definition) is 3. The zero-order valence-corrected chi connectivity index (χ0v) is 13.2. The number of nitrogens with one attached hydrogen (secondary N) is 1. The third-order valence-electron chi connectivity index (χ3n) is 4.22. The summed E-state index contributed by atoms with van der Waals surface area (Å²) in [5, 5.41) is 3.41. The van der Waals surface area contributed by atoms with Crippen LogP contribution in [0, 0.1) is 12.3 Å². The SMILES string of the molecule is Cc1ccc(C(=O)N2CCC3(CCNC3)C2)cn1.Cl.Cl. The number of carbonyl (C=O) groups is 1. The van der Waals surface area contributed by atoms with Crippen LogP contribution in [0.2, 0.25) is 0 Å². The molecule has 2 aliphatic rings. The van der Waals surface area contributed by atoms with E-state index in [9.17, 15) is 4.79 Å². The van der Waals surface area contributed by atoms with Gasteiger partial charge in [-0.1, -0.05) is 0 Å². The number of carbonyl (C=O) groups excluding carboxylic acids is 1. The van der Waals surface area contributed by atoms with E-state index in [0.717, 1.165) is 38.3 Å². The van der Waals surface area contributed by atoms with E-state index in [0.29, 0.717) is 11.0 Å². The highest BCUT2D eigenvalue weighted by Gasteiger charge is 2.41. The summed E-state index contributed by atoms with van der Waals surface area (Å²) >= 11 is 0. The van der Waals surface area contributed by atoms with Crippen molar-refractivity contribution in [1.29, 1.82) is 0 Å². The molecule has 3 heterocycles. The van der Waals surface area contributed by atoms with Crippen molar-refractivity contribution in [3.8, 4) is 0 Å². The van der Waals surface area contributed by atoms with Crippen molar-refractivity contribution >= 4 is 30.7 Å². The van der Waals surface area contributed by atoms with Crippen molar-refractivity contribution in [3.05, 3.63) is 29.6 Å². The van der Waals surface area contributed by atoms with E-state index in [1.165, 1.54) is 6.42 Å². The minimum atomic E-state index is 0. The average Bonchev–Trinajstić information content (AvgIpc) is 3.01. The predicted molar refractivity (Wildman–Crippen MR) is 83.9 cm³/mol. The third-order valence-corrected chi connectivity index (χ3v) is 4.22. The predicted octanol–water partition coefficient (Wildman–Crippen LogP) is 2.06. The Kier molecular flexibility index (Phi) is 5.80. The molecule has 2 fully saturated rings. The van der Waals surface area contributed by atoms with E-state index in [2.05, 4.69) is 10.3 Å². The van der Waals surface area contributed by atoms with Crippen LogP contribution in [-0.2, 0) is 0 Å². The van der Waals surface area contributed by atoms with Crippen LogP contribution >= 0.6 is 24.8 Å². The van der Waals surface area contributed by atoms with Gasteiger partial charge in [-0.15, -0.1) is 24.8 Å². The van der Waals surface area contributed by atoms with Crippen molar-refractivity contribution in [2.24, 2.45) is 5.41 Å². The number of rotatable bonds is 1. The minimum absolute atomic E-state index is 0. The molecule has 1 aromatic heterocycles. The number of pyridine rings is 1. The lowest BCUT2D eigenvalue weighted by molar-refractivity contribution is 0.0775. The zero-order chi connectivity index (χ0) is 12.6. The Morgan fingerprint density at radius 3 is 2.75 bits per heavy atom. The lowest BCUT2D eigenvalue weighted by atomic mass is 9.86. The van der Waals surface area contributed by atoms with Crippen molar-refractivity contribution < 1.29 is 4.79 Å². The van der Waals surface area contributed by atoms with E-state index in [1.54, 1.807) is 6.20 Å². The van der Waals surface area contributed by atoms with Crippen LogP contribution in [0.5, 0.6) is 0 Å². The minimum Gasteiger partial charge on any atom is -0.338 e. The van der Waals surface area contributed by atoms with E-state index >= 15 is 0 Å². The smallest absolute Gasteiger partial charge is 0.255 e. The molecular formula is C14H21Cl2N3O. The van der Waals surface area contributed by atoms with Gasteiger partial charge >= 0.3 is 0 Å². The molecule has 1 spiro atoms. The van der Waals surface area contributed by atoms with Crippen LogP contribution in [0.3, 0.4) is 0 Å². The monoisotopic (exact) mass is 317 g/mol. The van der Waals surface area contributed by atoms with Gasteiger partial charge in [-0.25, -0.2) is 0 Å². The van der Waals surface area contributed by atoms with Gasteiger partial charge in [0.05, 0.1) is 5.56 Å². The molecule has 0 radical (unpaired) electrons. The number of aryl methyl sites for hydroxylation is 1. The van der Waals surface area contributed by atoms with Gasteiger partial charge in [0.2, 0.25) is 0 Å². The molecule has 1 aromatic rings. The van der Waals surface area contributed by atoms with Crippen molar-refractivity contribution in [3.63, 3.8) is 0 Å². The average molecular weight is 318 g/mol. The molecule has 6 heteroatoms. The number of halogens is 2. The number of amides is 1. The Balaban J connectivity index is 0.000001000. The molecule has 0 aliphatic carbocycles. The van der Waals surface area contributed by atoms with Gasteiger partial charge in [0.15, 0.2) is 0 Å². The normalized spacial score (nSPS) is 24.4. The van der Waals surface area contributed by atoms with Crippen LogP contribution in [0.15, 0.2) is 18.3 Å². The van der Waals surface area contributed by atoms with E-state index in [1.807, 2.05) is 24.0 Å². The maximum absolute atomic E-state index is 12.4. The summed E-state index contributed by atoms with van der Waals surface area (Å²) in [5.74, 6) is 0.131. The molecule has 1 atom stereocenters. The van der Waals surface area contributed by atoms with Gasteiger partial charge in [-0.2, -0.15) is 0 Å². The van der Waals surface area contributed by atoms with E-state index < -0.39 is 0 Å². The quantitative estimate of drug-likeness (QED) is 0.862. The van der Waals surface area contributed by atoms with Crippen molar-refractivity contribution in [1.82, 2.24) is 15.2 Å². The fourth-order valence-electron chi connectivity index (χ4n) is 3.03. The fourth-order valence-corrected chi connectivity index (χ4v) is 3.03. The zero-order valence-electron chi connectivity index (χ0n) is 11.6. The fraction of sp³-hybridized carbons (Fsp3) is 0.571. The summed E-state index contributed by atoms with van der Waals surface area (Å²) in [5.41, 5.74) is 2.00. The van der Waals surface area contributed by atoms with Gasteiger partial charge in [-0.3, -0.25) is 9.78 Å². The first-order chi connectivity index (χ1) is 8.69. The lowest BCUT2D eigenvalue weighted by Crippen LogP contribution is -2.33. The Morgan fingerprint density at radius 1 is 1.35 bits per heavy atom. The molecule has 112 valence electrons. The van der Waals surface area contributed by atoms with Crippen molar-refractivity contribution in [2.45, 2.75) is 19.8 Å². The third kappa shape index (κ3) is 3.25. The van der Waals surface area contributed by atoms with Crippen molar-refractivity contribution in [2.75, 3.05) is 26.2 Å². The van der Waals surface area contributed by atoms with Crippen LogP contribution in [0.1, 0.15) is 28.9 Å². The molecule has 20 heavy (non-hydrogen) atoms. The largest absolute Gasteiger partial charge is 0.338 e. The first-order valence-corrected chi connectivity index (χ1v) is 6.61. The van der Waals surface area contributed by atoms with Gasteiger partial charge in [0.1, 0.15) is 0 Å². The van der Waals surface area contributed by atoms with Crippen LogP contribution in [-0.4, -0.2) is 42.0 Å². The molecule has 0 saturated carbocycles. The first-order valence-electron chi connectivity index (χ1n) is 6.61. The number of nitrogens with zero attached hydrogens (tertiary/aromatic N) is 2. The van der Waals surface area contributed by atoms with E-state index in [4.69, 9.17) is 0 Å². The second-order valence-electron chi connectivity index (χ2n) is 5.59. The number of likely N-dealkylation sites (tertiary alicyclic amines) is 1. The second kappa shape index (κ2) is 6.74. The summed E-state index contributed by atoms with van der Waals surface area (Å²) in [7, 11) is 0. The molecule has 0 aromatic carbocycles. The maximum Gasteiger partial charge on any atom is 0.255 e. The molecule has 0 bridgehead atoms. The Labute approximate surface area is 132 Å². The van der Waals surface area contributed by atoms with Crippen LogP contribution in [0.25, 0.3) is 0 Å². The second-order valence-corrected chi connectivity index (χ2v) is 5.59. The molecular weight excluding hydrogens is 297 g/mol. The standard InChI is InChI=1S/C14H19N3O.2ClH/c1-11-2-3-12(8-16-11)13(18)17-7-5-14(10-17)4-6-15-9-14;;/h2-3,8,15H,4-7,9-10H2,1H3;2*1H. The number of aromatic nitrogens is 1. The topological polar surface area (TPSA) is 45.2 Å². The molecule has 2 saturated heterocycles. The summed E-state index contributed by atoms with van der Waals surface area (Å²) in [6, 6.07) is 3.78. The van der Waals surface area contributed by atoms with Crippen LogP contribution in [0.4, 0.5) is 0 Å². The molecule has 4 nitrogen and oxygen atoms in total.